The summed E-state index contributed by atoms with van der Waals surface area (Å²) in [4.78, 5) is 46.0. The number of carbonyl (C=O) groups is 3. The molecule has 4 nitrogen and oxygen atoms in total. The summed E-state index contributed by atoms with van der Waals surface area (Å²) < 4.78 is 0. The van der Waals surface area contributed by atoms with Crippen molar-refractivity contribution >= 4 is 63.7 Å². The van der Waals surface area contributed by atoms with E-state index < -0.39 is 23.4 Å². The van der Waals surface area contributed by atoms with Gasteiger partial charge >= 0.3 is 0 Å². The average molecular weight is 556 g/mol. The van der Waals surface area contributed by atoms with Crippen LogP contribution in [0.4, 0.5) is 5.69 Å². The fraction of sp³-hybridized carbons (Fsp3) is 0.129. The van der Waals surface area contributed by atoms with Crippen LogP contribution in [-0.4, -0.2) is 29.4 Å². The Balaban J connectivity index is 1.57. The zero-order valence-corrected chi connectivity index (χ0v) is 22.1. The van der Waals surface area contributed by atoms with Crippen molar-refractivity contribution in [1.82, 2.24) is 0 Å². The van der Waals surface area contributed by atoms with Crippen LogP contribution in [0.15, 0.2) is 90.3 Å². The van der Waals surface area contributed by atoms with E-state index in [4.69, 9.17) is 23.2 Å². The molecule has 3 atom stereocenters. The van der Waals surface area contributed by atoms with E-state index in [-0.39, 0.29) is 17.3 Å². The van der Waals surface area contributed by atoms with Crippen LogP contribution in [-0.2, 0) is 0 Å². The first-order chi connectivity index (χ1) is 18.4. The Morgan fingerprint density at radius 2 is 1.58 bits per heavy atom. The SMILES string of the molecule is O=C(c1cccs1)C1C(c2ccccc2Cl)C2(C(=O)c3ccccc3C2=O)C2C=Cc3cc(Cl)ccc3N12. The molecular formula is C31H19Cl2NO3S. The van der Waals surface area contributed by atoms with Crippen molar-refractivity contribution < 1.29 is 14.4 Å². The Hall–Kier alpha value is -3.51. The Labute approximate surface area is 233 Å². The van der Waals surface area contributed by atoms with Crippen LogP contribution in [0, 0.1) is 5.41 Å². The monoisotopic (exact) mass is 555 g/mol. The Kier molecular flexibility index (Phi) is 5.28. The molecule has 0 saturated carbocycles. The second kappa shape index (κ2) is 8.50. The summed E-state index contributed by atoms with van der Waals surface area (Å²) in [5.41, 5.74) is 1.38. The highest BCUT2D eigenvalue weighted by molar-refractivity contribution is 7.12. The van der Waals surface area contributed by atoms with Crippen molar-refractivity contribution in [3.05, 3.63) is 127 Å². The number of Topliss-reactive ketones (excluding diaryl/α,β-unsaturated/α-hetero) is 3. The summed E-state index contributed by atoms with van der Waals surface area (Å²) in [6, 6.07) is 21.7. The first-order valence-corrected chi connectivity index (χ1v) is 13.8. The molecule has 186 valence electrons. The van der Waals surface area contributed by atoms with Crippen molar-refractivity contribution in [1.29, 1.82) is 0 Å². The number of hydrogen-bond donors (Lipinski definition) is 0. The van der Waals surface area contributed by atoms with Crippen LogP contribution in [0.1, 0.15) is 47.4 Å². The lowest BCUT2D eigenvalue weighted by molar-refractivity contribution is 0.0666. The van der Waals surface area contributed by atoms with Crippen molar-refractivity contribution in [2.75, 3.05) is 4.90 Å². The topological polar surface area (TPSA) is 54.5 Å². The van der Waals surface area contributed by atoms with Gasteiger partial charge in [-0.15, -0.1) is 11.3 Å². The van der Waals surface area contributed by atoms with Gasteiger partial charge in [0.25, 0.3) is 0 Å². The van der Waals surface area contributed by atoms with Gasteiger partial charge in [0.05, 0.1) is 10.9 Å². The van der Waals surface area contributed by atoms with Crippen LogP contribution in [0.3, 0.4) is 0 Å². The van der Waals surface area contributed by atoms with Gasteiger partial charge in [-0.1, -0.05) is 83.9 Å². The quantitative estimate of drug-likeness (QED) is 0.195. The van der Waals surface area contributed by atoms with E-state index in [1.54, 1.807) is 48.5 Å². The van der Waals surface area contributed by atoms with Gasteiger partial charge in [0, 0.05) is 32.8 Å². The third-order valence-electron chi connectivity index (χ3n) is 8.04. The van der Waals surface area contributed by atoms with Gasteiger partial charge in [-0.25, -0.2) is 0 Å². The van der Waals surface area contributed by atoms with Gasteiger partial charge in [0.15, 0.2) is 17.3 Å². The summed E-state index contributed by atoms with van der Waals surface area (Å²) in [6.07, 6.45) is 3.78. The van der Waals surface area contributed by atoms with E-state index in [2.05, 4.69) is 0 Å². The molecule has 3 aromatic carbocycles. The predicted octanol–water partition coefficient (Wildman–Crippen LogP) is 7.37. The third kappa shape index (κ3) is 3.01. The smallest absolute Gasteiger partial charge is 0.195 e. The molecule has 1 fully saturated rings. The lowest BCUT2D eigenvalue weighted by atomic mass is 9.64. The van der Waals surface area contributed by atoms with Crippen LogP contribution in [0.2, 0.25) is 10.0 Å². The van der Waals surface area contributed by atoms with Gasteiger partial charge in [-0.05, 0) is 46.8 Å². The van der Waals surface area contributed by atoms with Gasteiger partial charge < -0.3 is 4.90 Å². The fourth-order valence-electron chi connectivity index (χ4n) is 6.58. The maximum absolute atomic E-state index is 14.5. The summed E-state index contributed by atoms with van der Waals surface area (Å²) >= 11 is 14.5. The number of halogens is 2. The summed E-state index contributed by atoms with van der Waals surface area (Å²) in [5, 5.41) is 2.83. The van der Waals surface area contributed by atoms with Gasteiger partial charge in [-0.3, -0.25) is 14.4 Å². The number of rotatable bonds is 3. The minimum Gasteiger partial charge on any atom is -0.352 e. The summed E-state index contributed by atoms with van der Waals surface area (Å²) in [6.45, 7) is 0. The molecule has 3 aliphatic rings. The number of fused-ring (bicyclic) bond motifs is 5. The number of ketones is 3. The molecule has 3 unspecified atom stereocenters. The van der Waals surface area contributed by atoms with Crippen molar-refractivity contribution in [3.63, 3.8) is 0 Å². The highest BCUT2D eigenvalue weighted by Gasteiger charge is 2.71. The second-order valence-corrected chi connectivity index (χ2v) is 11.6. The number of anilines is 1. The first kappa shape index (κ1) is 23.6. The van der Waals surface area contributed by atoms with Gasteiger partial charge in [0.2, 0.25) is 0 Å². The summed E-state index contributed by atoms with van der Waals surface area (Å²) in [5.74, 6) is -1.53. The molecule has 3 heterocycles. The molecule has 0 N–H and O–H groups in total. The number of carbonyl (C=O) groups excluding carboxylic acids is 3. The largest absolute Gasteiger partial charge is 0.352 e. The van der Waals surface area contributed by atoms with Crippen LogP contribution < -0.4 is 4.90 Å². The minimum absolute atomic E-state index is 0.153. The molecule has 2 aliphatic heterocycles. The molecule has 1 spiro atoms. The number of hydrogen-bond acceptors (Lipinski definition) is 5. The minimum atomic E-state index is -1.57. The lowest BCUT2D eigenvalue weighted by Gasteiger charge is -2.37. The lowest BCUT2D eigenvalue weighted by Crippen LogP contribution is -2.48. The molecular weight excluding hydrogens is 537 g/mol. The zero-order valence-electron chi connectivity index (χ0n) is 19.8. The molecule has 1 saturated heterocycles. The third-order valence-corrected chi connectivity index (χ3v) is 9.50. The highest BCUT2D eigenvalue weighted by atomic mass is 35.5. The maximum atomic E-state index is 14.5. The molecule has 7 rings (SSSR count). The number of benzene rings is 3. The second-order valence-electron chi connectivity index (χ2n) is 9.77. The fourth-order valence-corrected chi connectivity index (χ4v) is 7.71. The van der Waals surface area contributed by atoms with Crippen molar-refractivity contribution in [2.45, 2.75) is 18.0 Å². The molecule has 4 aromatic rings. The molecule has 0 bridgehead atoms. The highest BCUT2D eigenvalue weighted by Crippen LogP contribution is 2.61. The van der Waals surface area contributed by atoms with E-state index in [0.717, 1.165) is 11.3 Å². The molecule has 38 heavy (non-hydrogen) atoms. The molecule has 0 radical (unpaired) electrons. The molecule has 7 heteroatoms. The van der Waals surface area contributed by atoms with E-state index in [1.165, 1.54) is 11.3 Å². The van der Waals surface area contributed by atoms with E-state index in [1.807, 2.05) is 52.8 Å². The average Bonchev–Trinajstić information content (AvgIpc) is 3.62. The van der Waals surface area contributed by atoms with Gasteiger partial charge in [-0.2, -0.15) is 0 Å². The Morgan fingerprint density at radius 1 is 0.868 bits per heavy atom. The van der Waals surface area contributed by atoms with E-state index in [0.29, 0.717) is 31.6 Å². The van der Waals surface area contributed by atoms with Crippen LogP contribution >= 0.6 is 34.5 Å². The Morgan fingerprint density at radius 3 is 2.26 bits per heavy atom. The van der Waals surface area contributed by atoms with E-state index in [9.17, 15) is 14.4 Å². The number of nitrogens with zero attached hydrogens (tertiary/aromatic N) is 1. The number of thiophene rings is 1. The first-order valence-electron chi connectivity index (χ1n) is 12.2. The van der Waals surface area contributed by atoms with E-state index >= 15 is 0 Å². The Bertz CT molecular complexity index is 1660. The predicted molar refractivity (Wildman–Crippen MR) is 151 cm³/mol. The van der Waals surface area contributed by atoms with Crippen LogP contribution in [0.5, 0.6) is 0 Å². The van der Waals surface area contributed by atoms with Crippen molar-refractivity contribution in [3.8, 4) is 0 Å². The summed E-state index contributed by atoms with van der Waals surface area (Å²) in [7, 11) is 0. The molecule has 0 amide bonds. The normalized spacial score (nSPS) is 22.5. The van der Waals surface area contributed by atoms with Gasteiger partial charge in [0.1, 0.15) is 11.5 Å². The standard InChI is InChI=1S/C31H19Cl2NO3S/c32-18-12-13-23-17(16-18)11-14-25-31(29(36)19-6-1-2-7-20(19)30(31)37)26(21-8-3-4-9-22(21)33)27(34(23)25)28(35)24-10-5-15-38-24/h1-16,25-27H. The molecule has 1 aromatic heterocycles. The van der Waals surface area contributed by atoms with Crippen LogP contribution in [0.25, 0.3) is 6.08 Å². The molecule has 1 aliphatic carbocycles. The maximum Gasteiger partial charge on any atom is 0.195 e. The zero-order chi connectivity index (χ0) is 26.2. The van der Waals surface area contributed by atoms with Crippen molar-refractivity contribution in [2.24, 2.45) is 5.41 Å².